The fraction of sp³-hybridized carbons (Fsp3) is 0.100. The normalized spacial score (nSPS) is 10.4. The Balaban J connectivity index is 2.65. The molecule has 1 aromatic carbocycles. The van der Waals surface area contributed by atoms with Crippen molar-refractivity contribution in [2.75, 3.05) is 7.11 Å². The van der Waals surface area contributed by atoms with Crippen LogP contribution in [0.5, 0.6) is 5.75 Å². The van der Waals surface area contributed by atoms with Crippen molar-refractivity contribution in [3.8, 4) is 5.75 Å². The number of hydrogen-bond acceptors (Lipinski definition) is 5. The molecule has 0 fully saturated rings. The zero-order valence-electron chi connectivity index (χ0n) is 8.76. The molecule has 0 bridgehead atoms. The summed E-state index contributed by atoms with van der Waals surface area (Å²) in [5.41, 5.74) is 0.0512. The number of nitro groups is 1. The van der Waals surface area contributed by atoms with Crippen LogP contribution in [0.15, 0.2) is 18.2 Å². The molecule has 0 saturated heterocycles. The van der Waals surface area contributed by atoms with Crippen molar-refractivity contribution in [3.63, 3.8) is 0 Å². The van der Waals surface area contributed by atoms with E-state index in [1.807, 2.05) is 0 Å². The first-order valence-electron chi connectivity index (χ1n) is 4.62. The van der Waals surface area contributed by atoms with E-state index in [-0.39, 0.29) is 17.1 Å². The molecule has 7 nitrogen and oxygen atoms in total. The van der Waals surface area contributed by atoms with E-state index in [1.165, 1.54) is 25.3 Å². The van der Waals surface area contributed by atoms with Crippen molar-refractivity contribution in [1.29, 1.82) is 0 Å². The molecule has 0 saturated carbocycles. The molecule has 0 aliphatic rings. The van der Waals surface area contributed by atoms with Gasteiger partial charge in [-0.3, -0.25) is 10.1 Å². The van der Waals surface area contributed by atoms with E-state index in [9.17, 15) is 20.0 Å². The van der Waals surface area contributed by atoms with E-state index in [1.54, 1.807) is 0 Å². The molecule has 7 heteroatoms. The summed E-state index contributed by atoms with van der Waals surface area (Å²) in [6, 6.07) is 3.85. The zero-order chi connectivity index (χ0) is 12.6. The monoisotopic (exact) mass is 236 g/mol. The van der Waals surface area contributed by atoms with Crippen molar-refractivity contribution >= 4 is 22.6 Å². The minimum absolute atomic E-state index is 0.122. The van der Waals surface area contributed by atoms with Crippen molar-refractivity contribution in [2.24, 2.45) is 0 Å². The predicted octanol–water partition coefficient (Wildman–Crippen LogP) is 1.57. The third-order valence-electron chi connectivity index (χ3n) is 2.36. The summed E-state index contributed by atoms with van der Waals surface area (Å²) in [5.74, 6) is -1.01. The number of esters is 1. The van der Waals surface area contributed by atoms with Gasteiger partial charge in [-0.15, -0.1) is 0 Å². The molecule has 0 atom stereocenters. The quantitative estimate of drug-likeness (QED) is 0.467. The van der Waals surface area contributed by atoms with Crippen LogP contribution >= 0.6 is 0 Å². The number of nitro benzene ring substituents is 1. The van der Waals surface area contributed by atoms with Crippen LogP contribution in [0.4, 0.5) is 5.69 Å². The number of hydrogen-bond donors (Lipinski definition) is 2. The molecule has 1 heterocycles. The topological polar surface area (TPSA) is 105 Å². The van der Waals surface area contributed by atoms with Crippen LogP contribution in [-0.4, -0.2) is 28.1 Å². The van der Waals surface area contributed by atoms with Gasteiger partial charge in [-0.05, 0) is 6.07 Å². The maximum Gasteiger partial charge on any atom is 0.358 e. The summed E-state index contributed by atoms with van der Waals surface area (Å²) in [4.78, 5) is 23.9. The third-order valence-corrected chi connectivity index (χ3v) is 2.36. The number of rotatable bonds is 2. The Kier molecular flexibility index (Phi) is 2.43. The van der Waals surface area contributed by atoms with Crippen molar-refractivity contribution < 1.29 is 19.6 Å². The number of fused-ring (bicyclic) bond motifs is 1. The van der Waals surface area contributed by atoms with Gasteiger partial charge in [0.1, 0.15) is 0 Å². The number of methoxy groups -OCH3 is 1. The van der Waals surface area contributed by atoms with E-state index in [0.29, 0.717) is 10.9 Å². The first kappa shape index (κ1) is 10.9. The summed E-state index contributed by atoms with van der Waals surface area (Å²) < 4.78 is 4.46. The molecule has 0 unspecified atom stereocenters. The maximum absolute atomic E-state index is 11.3. The van der Waals surface area contributed by atoms with Gasteiger partial charge in [0.2, 0.25) is 0 Å². The number of non-ortho nitro benzene ring substituents is 1. The second kappa shape index (κ2) is 3.78. The maximum atomic E-state index is 11.3. The van der Waals surface area contributed by atoms with Crippen LogP contribution in [0.25, 0.3) is 10.9 Å². The molecule has 0 radical (unpaired) electrons. The average molecular weight is 236 g/mol. The SMILES string of the molecule is COC(=O)c1[nH]c2cc([N+](=O)[O-])ccc2c1O. The van der Waals surface area contributed by atoms with Crippen molar-refractivity contribution in [3.05, 3.63) is 34.0 Å². The first-order chi connectivity index (χ1) is 8.04. The van der Waals surface area contributed by atoms with Gasteiger partial charge in [0, 0.05) is 17.5 Å². The number of H-pyrrole nitrogens is 1. The molecule has 17 heavy (non-hydrogen) atoms. The summed E-state index contributed by atoms with van der Waals surface area (Å²) in [7, 11) is 1.18. The van der Waals surface area contributed by atoms with Gasteiger partial charge < -0.3 is 14.8 Å². The number of nitrogens with one attached hydrogen (secondary N) is 1. The van der Waals surface area contributed by atoms with Crippen LogP contribution in [0.2, 0.25) is 0 Å². The average Bonchev–Trinajstić information content (AvgIpc) is 2.65. The number of carbonyl (C=O) groups is 1. The first-order valence-corrected chi connectivity index (χ1v) is 4.62. The van der Waals surface area contributed by atoms with Gasteiger partial charge in [0.05, 0.1) is 17.5 Å². The third kappa shape index (κ3) is 1.67. The molecular formula is C10H8N2O5. The van der Waals surface area contributed by atoms with Gasteiger partial charge >= 0.3 is 5.97 Å². The number of ether oxygens (including phenoxy) is 1. The lowest BCUT2D eigenvalue weighted by Crippen LogP contribution is -2.01. The minimum Gasteiger partial charge on any atom is -0.505 e. The van der Waals surface area contributed by atoms with Crippen LogP contribution < -0.4 is 0 Å². The van der Waals surface area contributed by atoms with Gasteiger partial charge in [0.25, 0.3) is 5.69 Å². The van der Waals surface area contributed by atoms with Gasteiger partial charge in [-0.1, -0.05) is 0 Å². The molecule has 0 aliphatic carbocycles. The lowest BCUT2D eigenvalue weighted by atomic mass is 10.2. The summed E-state index contributed by atoms with van der Waals surface area (Å²) in [6.07, 6.45) is 0. The molecule has 88 valence electrons. The van der Waals surface area contributed by atoms with E-state index in [0.717, 1.165) is 0 Å². The summed E-state index contributed by atoms with van der Waals surface area (Å²) in [5, 5.41) is 20.6. The fourth-order valence-corrected chi connectivity index (χ4v) is 1.53. The van der Waals surface area contributed by atoms with E-state index < -0.39 is 10.9 Å². The molecule has 0 amide bonds. The highest BCUT2D eigenvalue weighted by Gasteiger charge is 2.19. The second-order valence-corrected chi connectivity index (χ2v) is 3.33. The van der Waals surface area contributed by atoms with Crippen molar-refractivity contribution in [1.82, 2.24) is 4.98 Å². The zero-order valence-corrected chi connectivity index (χ0v) is 8.76. The van der Waals surface area contributed by atoms with Crippen LogP contribution in [0.1, 0.15) is 10.5 Å². The fourth-order valence-electron chi connectivity index (χ4n) is 1.53. The Bertz CT molecular complexity index is 616. The Hall–Kier alpha value is -2.57. The summed E-state index contributed by atoms with van der Waals surface area (Å²) >= 11 is 0. The van der Waals surface area contributed by atoms with Crippen LogP contribution in [0.3, 0.4) is 0 Å². The number of nitrogens with zero attached hydrogens (tertiary/aromatic N) is 1. The van der Waals surface area contributed by atoms with Gasteiger partial charge in [-0.2, -0.15) is 0 Å². The van der Waals surface area contributed by atoms with E-state index in [4.69, 9.17) is 0 Å². The molecule has 2 aromatic rings. The van der Waals surface area contributed by atoms with E-state index >= 15 is 0 Å². The van der Waals surface area contributed by atoms with Crippen LogP contribution in [0, 0.1) is 10.1 Å². The number of aromatic amines is 1. The molecule has 0 spiro atoms. The Labute approximate surface area is 94.8 Å². The highest BCUT2D eigenvalue weighted by atomic mass is 16.6. The number of carbonyl (C=O) groups excluding carboxylic acids is 1. The molecule has 1 aromatic heterocycles. The number of benzene rings is 1. The van der Waals surface area contributed by atoms with E-state index in [2.05, 4.69) is 9.72 Å². The lowest BCUT2D eigenvalue weighted by molar-refractivity contribution is -0.384. The summed E-state index contributed by atoms with van der Waals surface area (Å²) in [6.45, 7) is 0. The van der Waals surface area contributed by atoms with Crippen molar-refractivity contribution in [2.45, 2.75) is 0 Å². The highest BCUT2D eigenvalue weighted by Crippen LogP contribution is 2.31. The highest BCUT2D eigenvalue weighted by molar-refractivity contribution is 6.01. The Morgan fingerprint density at radius 1 is 1.53 bits per heavy atom. The number of aromatic nitrogens is 1. The minimum atomic E-state index is -0.735. The molecular weight excluding hydrogens is 228 g/mol. The number of aromatic hydroxyl groups is 1. The van der Waals surface area contributed by atoms with Crippen LogP contribution in [-0.2, 0) is 4.74 Å². The standard InChI is InChI=1S/C10H8N2O5/c1-17-10(14)8-9(13)6-3-2-5(12(15)16)4-7(6)11-8/h2-4,11,13H,1H3. The molecule has 0 aliphatic heterocycles. The van der Waals surface area contributed by atoms with Gasteiger partial charge in [-0.25, -0.2) is 4.79 Å². The molecule has 2 rings (SSSR count). The Morgan fingerprint density at radius 3 is 2.82 bits per heavy atom. The smallest absolute Gasteiger partial charge is 0.358 e. The lowest BCUT2D eigenvalue weighted by Gasteiger charge is -1.94. The largest absolute Gasteiger partial charge is 0.505 e. The Morgan fingerprint density at radius 2 is 2.24 bits per heavy atom. The second-order valence-electron chi connectivity index (χ2n) is 3.33. The molecule has 2 N–H and O–H groups in total. The predicted molar refractivity (Wildman–Crippen MR) is 58.0 cm³/mol. The van der Waals surface area contributed by atoms with Gasteiger partial charge in [0.15, 0.2) is 11.4 Å².